The van der Waals surface area contributed by atoms with E-state index in [1.807, 2.05) is 0 Å². The maximum Gasteiger partial charge on any atom is 0.306 e. The molecule has 2 unspecified atom stereocenters. The second kappa shape index (κ2) is 5.85. The van der Waals surface area contributed by atoms with E-state index in [4.69, 9.17) is 10.2 Å². The number of rotatable bonds is 6. The standard InChI is InChI=1S/C8H14O4S/c1-5(13)4-6(8(11)12)2-3-7(9)10/h5-6,13H,2-4H2,1H3,(H,9,10)(H,11,12). The van der Waals surface area contributed by atoms with Crippen molar-refractivity contribution in [2.75, 3.05) is 0 Å². The molecule has 0 rings (SSSR count). The van der Waals surface area contributed by atoms with Crippen LogP contribution in [0.25, 0.3) is 0 Å². The first kappa shape index (κ1) is 12.3. The molecule has 2 atom stereocenters. The van der Waals surface area contributed by atoms with Crippen LogP contribution in [0.15, 0.2) is 0 Å². The predicted molar refractivity (Wildman–Crippen MR) is 51.1 cm³/mol. The van der Waals surface area contributed by atoms with Gasteiger partial charge in [-0.15, -0.1) is 0 Å². The highest BCUT2D eigenvalue weighted by atomic mass is 32.1. The van der Waals surface area contributed by atoms with Crippen molar-refractivity contribution in [2.24, 2.45) is 5.92 Å². The number of carboxylic acid groups (broad SMARTS) is 2. The summed E-state index contributed by atoms with van der Waals surface area (Å²) in [6.45, 7) is 1.79. The summed E-state index contributed by atoms with van der Waals surface area (Å²) in [7, 11) is 0. The zero-order valence-corrected chi connectivity index (χ0v) is 8.33. The molecule has 2 N–H and O–H groups in total. The summed E-state index contributed by atoms with van der Waals surface area (Å²) in [5.41, 5.74) is 0. The lowest BCUT2D eigenvalue weighted by Crippen LogP contribution is -2.18. The van der Waals surface area contributed by atoms with Crippen molar-refractivity contribution in [1.82, 2.24) is 0 Å². The van der Waals surface area contributed by atoms with Gasteiger partial charge in [0.15, 0.2) is 0 Å². The van der Waals surface area contributed by atoms with Crippen LogP contribution in [0.1, 0.15) is 26.2 Å². The lowest BCUT2D eigenvalue weighted by molar-refractivity contribution is -0.143. The molecule has 0 amide bonds. The van der Waals surface area contributed by atoms with Crippen LogP contribution in [0.3, 0.4) is 0 Å². The van der Waals surface area contributed by atoms with Gasteiger partial charge < -0.3 is 10.2 Å². The van der Waals surface area contributed by atoms with Gasteiger partial charge in [-0.1, -0.05) is 6.92 Å². The van der Waals surface area contributed by atoms with Gasteiger partial charge in [0.1, 0.15) is 0 Å². The third-order valence-electron chi connectivity index (χ3n) is 1.68. The zero-order chi connectivity index (χ0) is 10.4. The van der Waals surface area contributed by atoms with Crippen molar-refractivity contribution in [3.05, 3.63) is 0 Å². The molecular weight excluding hydrogens is 192 g/mol. The highest BCUT2D eigenvalue weighted by molar-refractivity contribution is 7.80. The Bertz CT molecular complexity index is 191. The van der Waals surface area contributed by atoms with Crippen molar-refractivity contribution >= 4 is 24.6 Å². The number of carboxylic acids is 2. The van der Waals surface area contributed by atoms with Crippen LogP contribution >= 0.6 is 12.6 Å². The van der Waals surface area contributed by atoms with Gasteiger partial charge in [-0.2, -0.15) is 12.6 Å². The molecule has 0 aromatic heterocycles. The van der Waals surface area contributed by atoms with E-state index in [1.165, 1.54) is 0 Å². The Kier molecular flexibility index (Phi) is 5.53. The highest BCUT2D eigenvalue weighted by Gasteiger charge is 2.19. The summed E-state index contributed by atoms with van der Waals surface area (Å²) in [6.07, 6.45) is 0.485. The molecule has 0 heterocycles. The van der Waals surface area contributed by atoms with Crippen LogP contribution in [0.2, 0.25) is 0 Å². The number of hydrogen-bond acceptors (Lipinski definition) is 3. The molecule has 4 nitrogen and oxygen atoms in total. The predicted octanol–water partition coefficient (Wildman–Crippen LogP) is 1.26. The first-order chi connectivity index (χ1) is 5.93. The Morgan fingerprint density at radius 3 is 2.23 bits per heavy atom. The van der Waals surface area contributed by atoms with Crippen molar-refractivity contribution < 1.29 is 19.8 Å². The minimum atomic E-state index is -0.960. The van der Waals surface area contributed by atoms with Gasteiger partial charge in [0.2, 0.25) is 0 Å². The molecule has 0 aliphatic rings. The quantitative estimate of drug-likeness (QED) is 0.572. The molecule has 0 aromatic carbocycles. The molecule has 0 spiro atoms. The minimum absolute atomic E-state index is 0.0186. The van der Waals surface area contributed by atoms with Gasteiger partial charge in [-0.05, 0) is 18.1 Å². The zero-order valence-electron chi connectivity index (χ0n) is 7.43. The fraction of sp³-hybridized carbons (Fsp3) is 0.750. The number of thiol groups is 1. The fourth-order valence-electron chi connectivity index (χ4n) is 1.05. The third kappa shape index (κ3) is 6.45. The number of hydrogen-bond donors (Lipinski definition) is 3. The molecule has 0 radical (unpaired) electrons. The SMILES string of the molecule is CC(S)CC(CCC(=O)O)C(=O)O. The van der Waals surface area contributed by atoms with Gasteiger partial charge in [0.25, 0.3) is 0 Å². The van der Waals surface area contributed by atoms with Crippen LogP contribution in [0, 0.1) is 5.92 Å². The largest absolute Gasteiger partial charge is 0.481 e. The molecule has 0 fully saturated rings. The molecule has 0 bridgehead atoms. The van der Waals surface area contributed by atoms with Crippen molar-refractivity contribution in [1.29, 1.82) is 0 Å². The Balaban J connectivity index is 3.95. The summed E-state index contributed by atoms with van der Waals surface area (Å²) in [5.74, 6) is -2.50. The van der Waals surface area contributed by atoms with E-state index in [0.29, 0.717) is 6.42 Å². The molecule has 13 heavy (non-hydrogen) atoms. The minimum Gasteiger partial charge on any atom is -0.481 e. The lowest BCUT2D eigenvalue weighted by Gasteiger charge is -2.12. The van der Waals surface area contributed by atoms with Crippen LogP contribution < -0.4 is 0 Å². The Morgan fingerprint density at radius 2 is 1.92 bits per heavy atom. The van der Waals surface area contributed by atoms with Crippen LogP contribution in [-0.4, -0.2) is 27.4 Å². The van der Waals surface area contributed by atoms with Gasteiger partial charge >= 0.3 is 11.9 Å². The molecular formula is C8H14O4S. The van der Waals surface area contributed by atoms with E-state index in [9.17, 15) is 9.59 Å². The molecule has 5 heteroatoms. The second-order valence-corrected chi connectivity index (χ2v) is 3.93. The smallest absolute Gasteiger partial charge is 0.306 e. The van der Waals surface area contributed by atoms with E-state index < -0.39 is 17.9 Å². The fourth-order valence-corrected chi connectivity index (χ4v) is 1.31. The van der Waals surface area contributed by atoms with Gasteiger partial charge in [-0.3, -0.25) is 9.59 Å². The van der Waals surface area contributed by atoms with E-state index >= 15 is 0 Å². The van der Waals surface area contributed by atoms with E-state index in [2.05, 4.69) is 12.6 Å². The maximum absolute atomic E-state index is 10.6. The first-order valence-electron chi connectivity index (χ1n) is 4.06. The van der Waals surface area contributed by atoms with Gasteiger partial charge in [-0.25, -0.2) is 0 Å². The summed E-state index contributed by atoms with van der Waals surface area (Å²) in [5, 5.41) is 17.1. The van der Waals surface area contributed by atoms with Gasteiger partial charge in [0, 0.05) is 6.42 Å². The van der Waals surface area contributed by atoms with Crippen LogP contribution in [0.5, 0.6) is 0 Å². The van der Waals surface area contributed by atoms with Crippen LogP contribution in [0.4, 0.5) is 0 Å². The van der Waals surface area contributed by atoms with Crippen molar-refractivity contribution in [2.45, 2.75) is 31.4 Å². The summed E-state index contributed by atoms with van der Waals surface area (Å²) >= 11 is 4.07. The molecule has 0 saturated carbocycles. The number of carbonyl (C=O) groups is 2. The monoisotopic (exact) mass is 206 g/mol. The summed E-state index contributed by atoms with van der Waals surface area (Å²) < 4.78 is 0. The average Bonchev–Trinajstić information content (AvgIpc) is 1.96. The van der Waals surface area contributed by atoms with Crippen molar-refractivity contribution in [3.63, 3.8) is 0 Å². The maximum atomic E-state index is 10.6. The molecule has 0 aliphatic heterocycles. The molecule has 0 aromatic rings. The molecule has 76 valence electrons. The third-order valence-corrected chi connectivity index (χ3v) is 1.89. The van der Waals surface area contributed by atoms with Crippen LogP contribution in [-0.2, 0) is 9.59 Å². The Morgan fingerprint density at radius 1 is 1.38 bits per heavy atom. The molecule has 0 aliphatic carbocycles. The topological polar surface area (TPSA) is 74.6 Å². The first-order valence-corrected chi connectivity index (χ1v) is 4.57. The lowest BCUT2D eigenvalue weighted by atomic mass is 9.98. The Hall–Kier alpha value is -0.710. The average molecular weight is 206 g/mol. The van der Waals surface area contributed by atoms with Crippen molar-refractivity contribution in [3.8, 4) is 0 Å². The van der Waals surface area contributed by atoms with E-state index in [0.717, 1.165) is 0 Å². The highest BCUT2D eigenvalue weighted by Crippen LogP contribution is 2.16. The second-order valence-electron chi connectivity index (χ2n) is 3.05. The summed E-state index contributed by atoms with van der Waals surface area (Å²) in [6, 6.07) is 0. The normalized spacial score (nSPS) is 14.9. The van der Waals surface area contributed by atoms with Gasteiger partial charge in [0.05, 0.1) is 5.92 Å². The molecule has 0 saturated heterocycles. The van der Waals surface area contributed by atoms with E-state index in [-0.39, 0.29) is 18.1 Å². The van der Waals surface area contributed by atoms with E-state index in [1.54, 1.807) is 6.92 Å². The number of aliphatic carboxylic acids is 2. The Labute approximate surface area is 82.4 Å². The summed E-state index contributed by atoms with van der Waals surface area (Å²) in [4.78, 5) is 20.8.